The highest BCUT2D eigenvalue weighted by atomic mass is 19.4. The molecule has 2 fully saturated rings. The summed E-state index contributed by atoms with van der Waals surface area (Å²) in [7, 11) is 1.68. The summed E-state index contributed by atoms with van der Waals surface area (Å²) in [6, 6.07) is 1.76. The van der Waals surface area contributed by atoms with Crippen LogP contribution >= 0.6 is 0 Å². The number of benzene rings is 1. The van der Waals surface area contributed by atoms with Crippen LogP contribution in [0.15, 0.2) is 28.5 Å². The minimum absolute atomic E-state index is 0.00538. The predicted octanol–water partition coefficient (Wildman–Crippen LogP) is 4.18. The second-order valence-corrected chi connectivity index (χ2v) is 9.98. The normalized spacial score (nSPS) is 27.2. The van der Waals surface area contributed by atoms with Gasteiger partial charge in [0, 0.05) is 50.7 Å². The average Bonchev–Trinajstić information content (AvgIpc) is 3.44. The number of hydrogen-bond acceptors (Lipinski definition) is 7. The van der Waals surface area contributed by atoms with Crippen molar-refractivity contribution in [1.82, 2.24) is 21.2 Å². The summed E-state index contributed by atoms with van der Waals surface area (Å²) in [4.78, 5) is 13.0. The number of nitrogens with one attached hydrogen (secondary N) is 3. The summed E-state index contributed by atoms with van der Waals surface area (Å²) in [5.41, 5.74) is -0.627. The fourth-order valence-electron chi connectivity index (χ4n) is 5.32. The van der Waals surface area contributed by atoms with Crippen LogP contribution in [-0.4, -0.2) is 49.5 Å². The van der Waals surface area contributed by atoms with Gasteiger partial charge in [-0.1, -0.05) is 5.22 Å². The van der Waals surface area contributed by atoms with Crippen LogP contribution in [0.25, 0.3) is 0 Å². The Bertz CT molecular complexity index is 965. The van der Waals surface area contributed by atoms with Gasteiger partial charge in [-0.3, -0.25) is 4.79 Å². The van der Waals surface area contributed by atoms with E-state index in [9.17, 15) is 31.1 Å². The molecule has 1 saturated heterocycles. The molecular formula is C23H30F6N6O2. The van der Waals surface area contributed by atoms with E-state index >= 15 is 0 Å². The lowest BCUT2D eigenvalue weighted by atomic mass is 9.79. The smallest absolute Gasteiger partial charge is 0.381 e. The lowest BCUT2D eigenvalue weighted by molar-refractivity contribution is -0.143. The monoisotopic (exact) mass is 536 g/mol. The predicted molar refractivity (Wildman–Crippen MR) is 120 cm³/mol. The molecule has 2 heterocycles. The number of carbonyl (C=O) groups is 1. The summed E-state index contributed by atoms with van der Waals surface area (Å²) in [5, 5.41) is 15.8. The Morgan fingerprint density at radius 3 is 2.30 bits per heavy atom. The average molecular weight is 537 g/mol. The zero-order valence-corrected chi connectivity index (χ0v) is 20.3. The van der Waals surface area contributed by atoms with E-state index in [0.29, 0.717) is 44.2 Å². The van der Waals surface area contributed by atoms with Gasteiger partial charge >= 0.3 is 12.4 Å². The molecule has 3 atom stereocenters. The molecule has 206 valence electrons. The van der Waals surface area contributed by atoms with Gasteiger partial charge in [-0.15, -0.1) is 5.11 Å². The number of amides is 1. The summed E-state index contributed by atoms with van der Waals surface area (Å²) in [6.45, 7) is 0.907. The van der Waals surface area contributed by atoms with E-state index in [1.54, 1.807) is 7.05 Å². The van der Waals surface area contributed by atoms with Gasteiger partial charge in [0.05, 0.1) is 11.1 Å². The number of alkyl halides is 6. The molecule has 0 spiro atoms. The summed E-state index contributed by atoms with van der Waals surface area (Å²) < 4.78 is 84.4. The Balaban J connectivity index is 1.44. The van der Waals surface area contributed by atoms with Gasteiger partial charge in [0.2, 0.25) is 5.91 Å². The molecule has 3 N–H and O–H groups in total. The number of carbonyl (C=O) groups excluding carboxylic acids is 1. The fraction of sp³-hybridized carbons (Fsp3) is 0.696. The van der Waals surface area contributed by atoms with E-state index in [1.807, 2.05) is 0 Å². The highest BCUT2D eigenvalue weighted by Crippen LogP contribution is 2.46. The van der Waals surface area contributed by atoms with E-state index < -0.39 is 47.5 Å². The second-order valence-electron chi connectivity index (χ2n) is 9.98. The van der Waals surface area contributed by atoms with Gasteiger partial charge in [0.1, 0.15) is 6.17 Å². The molecule has 0 radical (unpaired) electrons. The first-order chi connectivity index (χ1) is 17.3. The molecule has 14 heteroatoms. The standard InChI is InChI=1S/C23H30F6N6O2/c1-35-33-20(32-34-35)21(5-2-18(11-21)31-17-3-6-37-7-4-17)12-19(36)30-13-14-8-15(22(24,25)26)10-16(9-14)23(27,28)29/h8-10,17-18,20,31,33H,2-7,11-13H2,1H3,(H,30,36)/t18-,20?,21?/m1/s1. The first-order valence-electron chi connectivity index (χ1n) is 12.1. The third kappa shape index (κ3) is 6.90. The number of nitrogens with zero attached hydrogens (tertiary/aromatic N) is 3. The molecule has 1 aliphatic carbocycles. The zero-order chi connectivity index (χ0) is 26.8. The van der Waals surface area contributed by atoms with Crippen molar-refractivity contribution in [3.8, 4) is 0 Å². The quantitative estimate of drug-likeness (QED) is 0.455. The highest BCUT2D eigenvalue weighted by Gasteiger charge is 2.49. The maximum absolute atomic E-state index is 13.2. The Morgan fingerprint density at radius 2 is 1.73 bits per heavy atom. The molecule has 4 rings (SSSR count). The third-order valence-corrected chi connectivity index (χ3v) is 7.18. The molecule has 1 saturated carbocycles. The lowest BCUT2D eigenvalue weighted by Crippen LogP contribution is -2.48. The second kappa shape index (κ2) is 10.7. The van der Waals surface area contributed by atoms with E-state index in [-0.39, 0.29) is 24.1 Å². The summed E-state index contributed by atoms with van der Waals surface area (Å²) >= 11 is 0. The first-order valence-corrected chi connectivity index (χ1v) is 12.1. The maximum atomic E-state index is 13.2. The Morgan fingerprint density at radius 1 is 1.08 bits per heavy atom. The van der Waals surface area contributed by atoms with Crippen LogP contribution < -0.4 is 16.1 Å². The first kappa shape index (κ1) is 27.6. The topological polar surface area (TPSA) is 90.4 Å². The zero-order valence-electron chi connectivity index (χ0n) is 20.3. The molecule has 1 amide bonds. The fourth-order valence-corrected chi connectivity index (χ4v) is 5.32. The molecule has 1 aromatic rings. The molecule has 37 heavy (non-hydrogen) atoms. The van der Waals surface area contributed by atoms with Crippen LogP contribution in [-0.2, 0) is 28.4 Å². The minimum atomic E-state index is -4.95. The van der Waals surface area contributed by atoms with Crippen molar-refractivity contribution >= 4 is 5.91 Å². The van der Waals surface area contributed by atoms with Crippen LogP contribution in [0.2, 0.25) is 0 Å². The van der Waals surface area contributed by atoms with Gasteiger partial charge < -0.3 is 15.4 Å². The van der Waals surface area contributed by atoms with Crippen LogP contribution in [0.4, 0.5) is 26.3 Å². The molecule has 0 bridgehead atoms. The molecular weight excluding hydrogens is 506 g/mol. The van der Waals surface area contributed by atoms with Crippen molar-refractivity contribution in [3.63, 3.8) is 0 Å². The van der Waals surface area contributed by atoms with E-state index in [4.69, 9.17) is 4.74 Å². The minimum Gasteiger partial charge on any atom is -0.381 e. The molecule has 1 aromatic carbocycles. The maximum Gasteiger partial charge on any atom is 0.416 e. The van der Waals surface area contributed by atoms with Gasteiger partial charge in [0.25, 0.3) is 0 Å². The van der Waals surface area contributed by atoms with E-state index in [0.717, 1.165) is 19.3 Å². The van der Waals surface area contributed by atoms with Crippen LogP contribution in [0.1, 0.15) is 55.2 Å². The van der Waals surface area contributed by atoms with Crippen molar-refractivity contribution in [2.24, 2.45) is 15.8 Å². The Kier molecular flexibility index (Phi) is 8.00. The van der Waals surface area contributed by atoms with Crippen molar-refractivity contribution in [1.29, 1.82) is 0 Å². The van der Waals surface area contributed by atoms with Gasteiger partial charge in [-0.05, 0) is 55.9 Å². The van der Waals surface area contributed by atoms with Crippen molar-refractivity contribution in [2.75, 3.05) is 20.3 Å². The van der Waals surface area contributed by atoms with Gasteiger partial charge in [-0.2, -0.15) is 31.8 Å². The van der Waals surface area contributed by atoms with E-state index in [1.165, 1.54) is 5.12 Å². The third-order valence-electron chi connectivity index (χ3n) is 7.18. The number of hydrazine groups is 1. The largest absolute Gasteiger partial charge is 0.416 e. The highest BCUT2D eigenvalue weighted by molar-refractivity contribution is 5.77. The van der Waals surface area contributed by atoms with Crippen molar-refractivity contribution in [2.45, 2.75) is 75.7 Å². The van der Waals surface area contributed by atoms with E-state index in [2.05, 4.69) is 26.4 Å². The number of ether oxygens (including phenoxy) is 1. The number of rotatable bonds is 7. The molecule has 8 nitrogen and oxygen atoms in total. The van der Waals surface area contributed by atoms with Crippen LogP contribution in [0.5, 0.6) is 0 Å². The molecule has 2 unspecified atom stereocenters. The van der Waals surface area contributed by atoms with Gasteiger partial charge in [-0.25, -0.2) is 5.12 Å². The van der Waals surface area contributed by atoms with Crippen LogP contribution in [0.3, 0.4) is 0 Å². The molecule has 2 aliphatic heterocycles. The summed E-state index contributed by atoms with van der Waals surface area (Å²) in [5.74, 6) is -0.482. The van der Waals surface area contributed by atoms with Crippen LogP contribution in [0, 0.1) is 5.41 Å². The SMILES string of the molecule is CN1N=NC(C2(CC(=O)NCc3cc(C(F)(F)F)cc(C(F)(F)F)c3)CC[C@@H](NC3CCOCC3)C2)N1. The molecule has 3 aliphatic rings. The number of hydrogen-bond donors (Lipinski definition) is 3. The Hall–Kier alpha value is -2.45. The Labute approximate surface area is 210 Å². The molecule has 0 aromatic heterocycles. The number of halogens is 6. The van der Waals surface area contributed by atoms with Gasteiger partial charge in [0.15, 0.2) is 0 Å². The van der Waals surface area contributed by atoms with Crippen molar-refractivity contribution in [3.05, 3.63) is 34.9 Å². The van der Waals surface area contributed by atoms with Crippen molar-refractivity contribution < 1.29 is 35.9 Å². The summed E-state index contributed by atoms with van der Waals surface area (Å²) in [6.07, 6.45) is -6.54. The lowest BCUT2D eigenvalue weighted by Gasteiger charge is -2.33.